The van der Waals surface area contributed by atoms with Gasteiger partial charge in [0.25, 0.3) is 0 Å². The zero-order chi connectivity index (χ0) is 31.6. The van der Waals surface area contributed by atoms with E-state index < -0.39 is 81.1 Å². The predicted octanol–water partition coefficient (Wildman–Crippen LogP) is 10.2. The molecule has 4 aromatic rings. The maximum atomic E-state index is 15.0. The molecule has 0 unspecified atom stereocenters. The molecule has 0 saturated carbocycles. The molecule has 4 rings (SSSR count). The van der Waals surface area contributed by atoms with Crippen molar-refractivity contribution in [2.24, 2.45) is 0 Å². The first kappa shape index (κ1) is 31.4. The van der Waals surface area contributed by atoms with Gasteiger partial charge in [0.2, 0.25) is 0 Å². The Morgan fingerprint density at radius 2 is 1.26 bits per heavy atom. The smallest absolute Gasteiger partial charge is 0.432 e. The largest absolute Gasteiger partial charge is 0.453 e. The standard InChI is InChI=1S/C30H17F11O2/c1-2-3-14-4-5-18(19(31)6-14)15-7-20(32)27(21(33)8-15)16-9-22(34)28(23(35)10-16)30(40,41)43-17-11-24(36)29(25(37)12-17)42-13-26(38)39/h4-13H,2-3H2,1H3. The molecule has 4 aromatic carbocycles. The number of halogens is 11. The third-order valence-electron chi connectivity index (χ3n) is 6.03. The van der Waals surface area contributed by atoms with Crippen LogP contribution in [-0.2, 0) is 12.5 Å². The van der Waals surface area contributed by atoms with Crippen LogP contribution in [-0.4, -0.2) is 0 Å². The Balaban J connectivity index is 1.66. The van der Waals surface area contributed by atoms with Gasteiger partial charge in [-0.25, -0.2) is 30.7 Å². The molecule has 0 bridgehead atoms. The Kier molecular flexibility index (Phi) is 9.02. The van der Waals surface area contributed by atoms with Crippen molar-refractivity contribution in [1.82, 2.24) is 0 Å². The molecule has 0 N–H and O–H groups in total. The molecule has 0 amide bonds. The van der Waals surface area contributed by atoms with Crippen molar-refractivity contribution in [1.29, 1.82) is 0 Å². The maximum absolute atomic E-state index is 15.0. The first-order valence-electron chi connectivity index (χ1n) is 12.2. The third-order valence-corrected chi connectivity index (χ3v) is 6.03. The molecule has 43 heavy (non-hydrogen) atoms. The van der Waals surface area contributed by atoms with E-state index in [0.29, 0.717) is 24.1 Å². The average molecular weight is 618 g/mol. The molecule has 0 radical (unpaired) electrons. The highest BCUT2D eigenvalue weighted by atomic mass is 19.3. The molecule has 13 heteroatoms. The predicted molar refractivity (Wildman–Crippen MR) is 133 cm³/mol. The second-order valence-electron chi connectivity index (χ2n) is 9.05. The molecule has 0 aliphatic carbocycles. The van der Waals surface area contributed by atoms with Crippen molar-refractivity contribution in [3.63, 3.8) is 0 Å². The Morgan fingerprint density at radius 3 is 1.77 bits per heavy atom. The third kappa shape index (κ3) is 6.76. The topological polar surface area (TPSA) is 18.5 Å². The first-order chi connectivity index (χ1) is 20.2. The summed E-state index contributed by atoms with van der Waals surface area (Å²) >= 11 is 0. The van der Waals surface area contributed by atoms with E-state index in [1.165, 1.54) is 12.1 Å². The number of benzene rings is 4. The summed E-state index contributed by atoms with van der Waals surface area (Å²) in [7, 11) is 0. The molecular formula is C30H17F11O2. The van der Waals surface area contributed by atoms with Gasteiger partial charge in [0, 0.05) is 17.7 Å². The van der Waals surface area contributed by atoms with Crippen LogP contribution in [0.15, 0.2) is 66.9 Å². The highest BCUT2D eigenvalue weighted by Gasteiger charge is 2.42. The zero-order valence-electron chi connectivity index (χ0n) is 21.7. The van der Waals surface area contributed by atoms with Crippen LogP contribution < -0.4 is 9.47 Å². The fourth-order valence-electron chi connectivity index (χ4n) is 4.25. The molecule has 0 aromatic heterocycles. The Morgan fingerprint density at radius 1 is 0.698 bits per heavy atom. The van der Waals surface area contributed by atoms with Gasteiger partial charge in [-0.15, -0.1) is 0 Å². The highest BCUT2D eigenvalue weighted by molar-refractivity contribution is 5.72. The average Bonchev–Trinajstić information content (AvgIpc) is 2.87. The van der Waals surface area contributed by atoms with Gasteiger partial charge in [-0.3, -0.25) is 0 Å². The van der Waals surface area contributed by atoms with Gasteiger partial charge in [-0.2, -0.15) is 17.6 Å². The molecule has 0 atom stereocenters. The van der Waals surface area contributed by atoms with E-state index in [1.807, 2.05) is 6.92 Å². The van der Waals surface area contributed by atoms with Gasteiger partial charge in [-0.1, -0.05) is 25.5 Å². The van der Waals surface area contributed by atoms with Crippen LogP contribution in [0.2, 0.25) is 0 Å². The number of alkyl halides is 2. The molecule has 226 valence electrons. The fourth-order valence-corrected chi connectivity index (χ4v) is 4.25. The number of hydrogen-bond acceptors (Lipinski definition) is 2. The van der Waals surface area contributed by atoms with Gasteiger partial charge in [-0.05, 0) is 53.4 Å². The molecule has 2 nitrogen and oxygen atoms in total. The zero-order valence-corrected chi connectivity index (χ0v) is 21.7. The summed E-state index contributed by atoms with van der Waals surface area (Å²) in [6.45, 7) is 1.88. The summed E-state index contributed by atoms with van der Waals surface area (Å²) in [6, 6.07) is 5.97. The lowest BCUT2D eigenvalue weighted by Gasteiger charge is -2.20. The van der Waals surface area contributed by atoms with Crippen molar-refractivity contribution >= 4 is 0 Å². The van der Waals surface area contributed by atoms with E-state index in [9.17, 15) is 39.5 Å². The van der Waals surface area contributed by atoms with Crippen molar-refractivity contribution in [3.8, 4) is 33.8 Å². The van der Waals surface area contributed by atoms with E-state index in [2.05, 4.69) is 9.47 Å². The summed E-state index contributed by atoms with van der Waals surface area (Å²) in [4.78, 5) is 0. The fraction of sp³-hybridized carbons (Fsp3) is 0.133. The Hall–Kier alpha value is -4.55. The van der Waals surface area contributed by atoms with Gasteiger partial charge in [0.15, 0.2) is 23.6 Å². The van der Waals surface area contributed by atoms with Crippen LogP contribution in [0.4, 0.5) is 48.3 Å². The minimum Gasteiger partial charge on any atom is -0.453 e. The van der Waals surface area contributed by atoms with Crippen molar-refractivity contribution < 1.29 is 57.8 Å². The highest BCUT2D eigenvalue weighted by Crippen LogP contribution is 2.40. The van der Waals surface area contributed by atoms with E-state index in [0.717, 1.165) is 6.42 Å². The van der Waals surface area contributed by atoms with Gasteiger partial charge in [0.05, 0.1) is 5.56 Å². The minimum absolute atomic E-state index is 0.0764. The SMILES string of the molecule is CCCc1ccc(-c2cc(F)c(-c3cc(F)c(C(F)(F)Oc4cc(F)c(OC=C(F)F)c(F)c4)c(F)c3)c(F)c2)c(F)c1. The van der Waals surface area contributed by atoms with E-state index in [4.69, 9.17) is 0 Å². The van der Waals surface area contributed by atoms with E-state index in [1.54, 1.807) is 6.07 Å². The Labute approximate surface area is 236 Å². The number of ether oxygens (including phenoxy) is 2. The first-order valence-corrected chi connectivity index (χ1v) is 12.2. The van der Waals surface area contributed by atoms with Crippen LogP contribution in [0.5, 0.6) is 11.5 Å². The van der Waals surface area contributed by atoms with Crippen LogP contribution >= 0.6 is 0 Å². The maximum Gasteiger partial charge on any atom is 0.432 e. The number of aryl methyl sites for hydroxylation is 1. The van der Waals surface area contributed by atoms with Crippen molar-refractivity contribution in [2.75, 3.05) is 0 Å². The second kappa shape index (κ2) is 12.4. The summed E-state index contributed by atoms with van der Waals surface area (Å²) in [5, 5.41) is 0. The number of hydrogen-bond donors (Lipinski definition) is 0. The summed E-state index contributed by atoms with van der Waals surface area (Å²) in [5.74, 6) is -13.9. The molecule has 0 fully saturated rings. The van der Waals surface area contributed by atoms with Crippen LogP contribution in [0.25, 0.3) is 22.3 Å². The quantitative estimate of drug-likeness (QED) is 0.137. The summed E-state index contributed by atoms with van der Waals surface area (Å²) < 4.78 is 164. The second-order valence-corrected chi connectivity index (χ2v) is 9.05. The van der Waals surface area contributed by atoms with Crippen LogP contribution in [0.3, 0.4) is 0 Å². The lowest BCUT2D eigenvalue weighted by atomic mass is 9.96. The molecule has 0 saturated heterocycles. The van der Waals surface area contributed by atoms with Crippen LogP contribution in [0, 0.1) is 40.7 Å². The molecule has 0 spiro atoms. The van der Waals surface area contributed by atoms with Crippen molar-refractivity contribution in [2.45, 2.75) is 25.9 Å². The minimum atomic E-state index is -4.94. The lowest BCUT2D eigenvalue weighted by Crippen LogP contribution is -2.25. The normalized spacial score (nSPS) is 11.4. The monoisotopic (exact) mass is 618 g/mol. The molecule has 0 aliphatic heterocycles. The van der Waals surface area contributed by atoms with Gasteiger partial charge >= 0.3 is 12.2 Å². The van der Waals surface area contributed by atoms with Crippen molar-refractivity contribution in [3.05, 3.63) is 119 Å². The lowest BCUT2D eigenvalue weighted by molar-refractivity contribution is -0.189. The molecule has 0 heterocycles. The Bertz CT molecular complexity index is 1640. The van der Waals surface area contributed by atoms with Crippen LogP contribution in [0.1, 0.15) is 24.5 Å². The van der Waals surface area contributed by atoms with Gasteiger partial charge < -0.3 is 9.47 Å². The van der Waals surface area contributed by atoms with E-state index >= 15 is 8.78 Å². The van der Waals surface area contributed by atoms with Gasteiger partial charge in [0.1, 0.15) is 40.4 Å². The summed E-state index contributed by atoms with van der Waals surface area (Å²) in [6.07, 6.45) is -6.45. The molecule has 0 aliphatic rings. The number of rotatable bonds is 9. The van der Waals surface area contributed by atoms with E-state index in [-0.39, 0.29) is 41.7 Å². The molecular weight excluding hydrogens is 601 g/mol. The summed E-state index contributed by atoms with van der Waals surface area (Å²) in [5.41, 5.74) is -3.69.